The molecule has 2 nitrogen and oxygen atoms in total. The van der Waals surface area contributed by atoms with Crippen molar-refractivity contribution in [3.63, 3.8) is 0 Å². The molecule has 1 aromatic carbocycles. The molecule has 0 aliphatic rings. The van der Waals surface area contributed by atoms with E-state index in [2.05, 4.69) is 56.0 Å². The van der Waals surface area contributed by atoms with Crippen LogP contribution in [-0.2, 0) is 0 Å². The van der Waals surface area contributed by atoms with E-state index < -0.39 is 0 Å². The Labute approximate surface area is 106 Å². The van der Waals surface area contributed by atoms with Crippen LogP contribution in [0.2, 0.25) is 0 Å². The van der Waals surface area contributed by atoms with Crippen molar-refractivity contribution >= 4 is 5.69 Å². The Bertz CT molecular complexity index is 295. The largest absolute Gasteiger partial charge is 0.367 e. The van der Waals surface area contributed by atoms with Crippen molar-refractivity contribution in [2.45, 2.75) is 39.7 Å². The Kier molecular flexibility index (Phi) is 6.06. The number of rotatable bonds is 7. The van der Waals surface area contributed by atoms with Gasteiger partial charge in [0, 0.05) is 24.8 Å². The van der Waals surface area contributed by atoms with Crippen molar-refractivity contribution in [1.82, 2.24) is 0 Å². The van der Waals surface area contributed by atoms with Gasteiger partial charge in [-0.25, -0.2) is 0 Å². The lowest BCUT2D eigenvalue weighted by Gasteiger charge is -2.35. The van der Waals surface area contributed by atoms with Crippen LogP contribution >= 0.6 is 0 Å². The number of para-hydroxylation sites is 1. The molecule has 0 aliphatic heterocycles. The van der Waals surface area contributed by atoms with Crippen molar-refractivity contribution in [1.29, 1.82) is 0 Å². The van der Waals surface area contributed by atoms with E-state index in [1.807, 2.05) is 0 Å². The summed E-state index contributed by atoms with van der Waals surface area (Å²) in [6, 6.07) is 11.1. The van der Waals surface area contributed by atoms with Gasteiger partial charge in [0.1, 0.15) is 0 Å². The number of nitrogens with two attached hydrogens (primary N) is 1. The van der Waals surface area contributed by atoms with Crippen LogP contribution in [0.1, 0.15) is 33.6 Å². The fourth-order valence-corrected chi connectivity index (χ4v) is 2.19. The van der Waals surface area contributed by atoms with Crippen LogP contribution in [0.15, 0.2) is 30.3 Å². The molecule has 0 fully saturated rings. The minimum atomic E-state index is 0.434. The number of hydrogen-bond donors (Lipinski definition) is 1. The van der Waals surface area contributed by atoms with E-state index in [0.29, 0.717) is 12.0 Å². The summed E-state index contributed by atoms with van der Waals surface area (Å²) in [6.07, 6.45) is 2.44. The zero-order valence-corrected chi connectivity index (χ0v) is 11.4. The van der Waals surface area contributed by atoms with Crippen LogP contribution < -0.4 is 10.6 Å². The van der Waals surface area contributed by atoms with Gasteiger partial charge in [0.2, 0.25) is 0 Å². The summed E-state index contributed by atoms with van der Waals surface area (Å²) in [5.41, 5.74) is 7.24. The molecular weight excluding hydrogens is 208 g/mol. The topological polar surface area (TPSA) is 29.3 Å². The molecular formula is C15H26N2. The molecule has 0 saturated carbocycles. The summed E-state index contributed by atoms with van der Waals surface area (Å²) in [4.78, 5) is 2.47. The molecule has 96 valence electrons. The highest BCUT2D eigenvalue weighted by molar-refractivity contribution is 5.47. The lowest BCUT2D eigenvalue weighted by Crippen LogP contribution is -2.44. The highest BCUT2D eigenvalue weighted by Gasteiger charge is 2.20. The Morgan fingerprint density at radius 2 is 1.82 bits per heavy atom. The van der Waals surface area contributed by atoms with E-state index in [4.69, 9.17) is 5.73 Å². The van der Waals surface area contributed by atoms with E-state index in [1.54, 1.807) is 0 Å². The van der Waals surface area contributed by atoms with Gasteiger partial charge in [-0.15, -0.1) is 0 Å². The number of benzene rings is 1. The van der Waals surface area contributed by atoms with Crippen LogP contribution in [0.4, 0.5) is 5.69 Å². The van der Waals surface area contributed by atoms with Gasteiger partial charge in [-0.3, -0.25) is 0 Å². The van der Waals surface area contributed by atoms with Crippen LogP contribution in [0.25, 0.3) is 0 Å². The van der Waals surface area contributed by atoms with Gasteiger partial charge in [-0.1, -0.05) is 45.4 Å². The van der Waals surface area contributed by atoms with Crippen molar-refractivity contribution in [3.05, 3.63) is 30.3 Å². The first-order valence-electron chi connectivity index (χ1n) is 6.72. The van der Waals surface area contributed by atoms with Gasteiger partial charge in [-0.05, 0) is 24.5 Å². The standard InChI is InChI=1S/C15H26N2/c1-4-5-11-17(15(12-16)13(2)3)14-9-7-6-8-10-14/h6-10,13,15H,4-5,11-12,16H2,1-3H3. The Hall–Kier alpha value is -1.02. The predicted molar refractivity (Wildman–Crippen MR) is 76.4 cm³/mol. The summed E-state index contributed by atoms with van der Waals surface area (Å²) in [5.74, 6) is 0.581. The molecule has 0 aromatic heterocycles. The van der Waals surface area contributed by atoms with Gasteiger partial charge >= 0.3 is 0 Å². The van der Waals surface area contributed by atoms with E-state index >= 15 is 0 Å². The highest BCUT2D eigenvalue weighted by atomic mass is 15.2. The number of nitrogens with zero attached hydrogens (tertiary/aromatic N) is 1. The van der Waals surface area contributed by atoms with Crippen LogP contribution in [-0.4, -0.2) is 19.1 Å². The first-order chi connectivity index (χ1) is 8.20. The second kappa shape index (κ2) is 7.33. The van der Waals surface area contributed by atoms with Crippen LogP contribution in [0, 0.1) is 5.92 Å². The highest BCUT2D eigenvalue weighted by Crippen LogP contribution is 2.20. The normalized spacial score (nSPS) is 12.8. The minimum Gasteiger partial charge on any atom is -0.367 e. The molecule has 0 amide bonds. The fourth-order valence-electron chi connectivity index (χ4n) is 2.19. The zero-order valence-electron chi connectivity index (χ0n) is 11.4. The maximum atomic E-state index is 5.94. The molecule has 1 atom stereocenters. The van der Waals surface area contributed by atoms with Crippen molar-refractivity contribution in [2.24, 2.45) is 11.7 Å². The quantitative estimate of drug-likeness (QED) is 0.784. The molecule has 0 bridgehead atoms. The summed E-state index contributed by atoms with van der Waals surface area (Å²) >= 11 is 0. The molecule has 0 radical (unpaired) electrons. The van der Waals surface area contributed by atoms with E-state index in [-0.39, 0.29) is 0 Å². The molecule has 0 aliphatic carbocycles. The lowest BCUT2D eigenvalue weighted by atomic mass is 10.0. The summed E-state index contributed by atoms with van der Waals surface area (Å²) < 4.78 is 0. The van der Waals surface area contributed by atoms with Gasteiger partial charge in [0.15, 0.2) is 0 Å². The van der Waals surface area contributed by atoms with E-state index in [1.165, 1.54) is 18.5 Å². The van der Waals surface area contributed by atoms with Gasteiger partial charge in [-0.2, -0.15) is 0 Å². The predicted octanol–water partition coefficient (Wildman–Crippen LogP) is 3.28. The van der Waals surface area contributed by atoms with Crippen molar-refractivity contribution < 1.29 is 0 Å². The maximum absolute atomic E-state index is 5.94. The number of unbranched alkanes of at least 4 members (excludes halogenated alkanes) is 1. The molecule has 1 rings (SSSR count). The first kappa shape index (κ1) is 14.0. The van der Waals surface area contributed by atoms with Crippen LogP contribution in [0.5, 0.6) is 0 Å². The van der Waals surface area contributed by atoms with Crippen molar-refractivity contribution in [3.8, 4) is 0 Å². The second-order valence-corrected chi connectivity index (χ2v) is 4.93. The third-order valence-electron chi connectivity index (χ3n) is 3.25. The van der Waals surface area contributed by atoms with Crippen molar-refractivity contribution in [2.75, 3.05) is 18.0 Å². The monoisotopic (exact) mass is 234 g/mol. The number of hydrogen-bond acceptors (Lipinski definition) is 2. The summed E-state index contributed by atoms with van der Waals surface area (Å²) in [7, 11) is 0. The van der Waals surface area contributed by atoms with E-state index in [9.17, 15) is 0 Å². The van der Waals surface area contributed by atoms with Gasteiger partial charge < -0.3 is 10.6 Å². The summed E-state index contributed by atoms with van der Waals surface area (Å²) in [6.45, 7) is 8.55. The molecule has 1 aromatic rings. The molecule has 0 spiro atoms. The second-order valence-electron chi connectivity index (χ2n) is 4.93. The fraction of sp³-hybridized carbons (Fsp3) is 0.600. The first-order valence-corrected chi connectivity index (χ1v) is 6.72. The molecule has 2 heteroatoms. The molecule has 0 saturated heterocycles. The van der Waals surface area contributed by atoms with Gasteiger partial charge in [0.25, 0.3) is 0 Å². The maximum Gasteiger partial charge on any atom is 0.0435 e. The minimum absolute atomic E-state index is 0.434. The Morgan fingerprint density at radius 3 is 2.29 bits per heavy atom. The average molecular weight is 234 g/mol. The van der Waals surface area contributed by atoms with Gasteiger partial charge in [0.05, 0.1) is 0 Å². The molecule has 1 unspecified atom stereocenters. The lowest BCUT2D eigenvalue weighted by molar-refractivity contribution is 0.455. The SMILES string of the molecule is CCCCN(c1ccccc1)C(CN)C(C)C. The molecule has 2 N–H and O–H groups in total. The Balaban J connectivity index is 2.86. The van der Waals surface area contributed by atoms with E-state index in [0.717, 1.165) is 13.1 Å². The average Bonchev–Trinajstić information content (AvgIpc) is 2.35. The molecule has 0 heterocycles. The molecule has 17 heavy (non-hydrogen) atoms. The zero-order chi connectivity index (χ0) is 12.7. The third-order valence-corrected chi connectivity index (χ3v) is 3.25. The summed E-state index contributed by atoms with van der Waals surface area (Å²) in [5, 5.41) is 0. The smallest absolute Gasteiger partial charge is 0.0435 e. The Morgan fingerprint density at radius 1 is 1.18 bits per heavy atom. The third kappa shape index (κ3) is 4.04. The number of anilines is 1. The van der Waals surface area contributed by atoms with Crippen LogP contribution in [0.3, 0.4) is 0 Å².